The number of nitrogens with two attached hydrogens (primary N) is 1. The number of hydrogen-bond donors (Lipinski definition) is 2. The Labute approximate surface area is 128 Å². The number of halogens is 1. The molecule has 20 heavy (non-hydrogen) atoms. The number of fused-ring (bicyclic) bond motifs is 1. The first-order valence-electron chi connectivity index (χ1n) is 6.32. The number of anilines is 1. The summed E-state index contributed by atoms with van der Waals surface area (Å²) in [6, 6.07) is -0.00455. The van der Waals surface area contributed by atoms with Crippen LogP contribution in [0.25, 0.3) is 11.0 Å². The predicted molar refractivity (Wildman–Crippen MR) is 82.4 cm³/mol. The van der Waals surface area contributed by atoms with Crippen LogP contribution in [0.3, 0.4) is 0 Å². The van der Waals surface area contributed by atoms with Crippen molar-refractivity contribution in [1.82, 2.24) is 19.4 Å². The van der Waals surface area contributed by atoms with Crippen LogP contribution in [0, 0.1) is 3.57 Å². The van der Waals surface area contributed by atoms with Gasteiger partial charge < -0.3 is 20.3 Å². The van der Waals surface area contributed by atoms with E-state index in [2.05, 4.69) is 32.6 Å². The van der Waals surface area contributed by atoms with E-state index in [0.29, 0.717) is 18.9 Å². The van der Waals surface area contributed by atoms with E-state index in [1.165, 1.54) is 11.2 Å². The van der Waals surface area contributed by atoms with E-state index in [1.807, 2.05) is 10.8 Å². The molecule has 1 aliphatic rings. The van der Waals surface area contributed by atoms with Crippen LogP contribution in [0.5, 0.6) is 0 Å². The van der Waals surface area contributed by atoms with Gasteiger partial charge in [-0.3, -0.25) is 0 Å². The molecule has 0 bridgehead atoms. The topological polar surface area (TPSA) is 97.3 Å². The van der Waals surface area contributed by atoms with Gasteiger partial charge in [0.1, 0.15) is 17.8 Å². The largest absolute Gasteiger partial charge is 0.465 e. The van der Waals surface area contributed by atoms with Crippen LogP contribution in [-0.4, -0.2) is 43.2 Å². The quantitative estimate of drug-likeness (QED) is 0.766. The molecule has 1 fully saturated rings. The Morgan fingerprint density at radius 1 is 1.55 bits per heavy atom. The Hall–Kier alpha value is -1.58. The summed E-state index contributed by atoms with van der Waals surface area (Å²) in [4.78, 5) is 21.0. The van der Waals surface area contributed by atoms with E-state index < -0.39 is 6.09 Å². The fourth-order valence-corrected chi connectivity index (χ4v) is 3.60. The number of carboxylic acid groups (broad SMARTS) is 1. The van der Waals surface area contributed by atoms with Gasteiger partial charge in [0.25, 0.3) is 0 Å². The molecule has 1 atom stereocenters. The van der Waals surface area contributed by atoms with Crippen LogP contribution in [0.4, 0.5) is 10.6 Å². The first kappa shape index (κ1) is 13.4. The van der Waals surface area contributed by atoms with Crippen LogP contribution in [0.2, 0.25) is 0 Å². The van der Waals surface area contributed by atoms with Gasteiger partial charge in [0.05, 0.1) is 11.4 Å². The molecule has 0 aliphatic carbocycles. The lowest BCUT2D eigenvalue weighted by Crippen LogP contribution is -2.36. The minimum absolute atomic E-state index is 0.00455. The summed E-state index contributed by atoms with van der Waals surface area (Å²) >= 11 is 2.20. The normalized spacial score (nSPS) is 18.9. The lowest BCUT2D eigenvalue weighted by molar-refractivity contribution is 0.136. The summed E-state index contributed by atoms with van der Waals surface area (Å²) < 4.78 is 2.96. The van der Waals surface area contributed by atoms with Crippen LogP contribution in [-0.2, 0) is 6.54 Å². The highest BCUT2D eigenvalue weighted by atomic mass is 127. The minimum Gasteiger partial charge on any atom is -0.465 e. The van der Waals surface area contributed by atoms with E-state index in [1.54, 1.807) is 0 Å². The number of nitrogen functional groups attached to an aromatic ring is 1. The third-order valence-corrected chi connectivity index (χ3v) is 4.48. The molecule has 2 aromatic rings. The SMILES string of the molecule is Nc1ncnc2c1c(I)cn2CC1CCCN1C(=O)O. The van der Waals surface area contributed by atoms with Gasteiger partial charge in [-0.2, -0.15) is 0 Å². The number of hydrogen-bond acceptors (Lipinski definition) is 4. The zero-order valence-corrected chi connectivity index (χ0v) is 12.8. The summed E-state index contributed by atoms with van der Waals surface area (Å²) in [6.07, 6.45) is 4.32. The first-order valence-corrected chi connectivity index (χ1v) is 7.40. The molecule has 3 rings (SSSR count). The number of aromatic nitrogens is 3. The van der Waals surface area contributed by atoms with Crippen LogP contribution >= 0.6 is 22.6 Å². The van der Waals surface area contributed by atoms with Crippen molar-refractivity contribution in [2.24, 2.45) is 0 Å². The highest BCUT2D eigenvalue weighted by Crippen LogP contribution is 2.27. The molecule has 1 saturated heterocycles. The first-order chi connectivity index (χ1) is 9.58. The molecule has 3 heterocycles. The van der Waals surface area contributed by atoms with Gasteiger partial charge in [-0.05, 0) is 35.4 Å². The third-order valence-electron chi connectivity index (χ3n) is 3.67. The second-order valence-corrected chi connectivity index (χ2v) is 6.02. The fraction of sp³-hybridized carbons (Fsp3) is 0.417. The molecule has 1 aliphatic heterocycles. The fourth-order valence-electron chi connectivity index (χ4n) is 2.74. The lowest BCUT2D eigenvalue weighted by atomic mass is 10.2. The number of nitrogens with zero attached hydrogens (tertiary/aromatic N) is 4. The third kappa shape index (κ3) is 2.17. The maximum atomic E-state index is 11.2. The van der Waals surface area contributed by atoms with Gasteiger partial charge in [0.15, 0.2) is 0 Å². The number of likely N-dealkylation sites (tertiary alicyclic amines) is 1. The average molecular weight is 387 g/mol. The Morgan fingerprint density at radius 2 is 2.35 bits per heavy atom. The molecule has 0 spiro atoms. The molecular formula is C12H14IN5O2. The lowest BCUT2D eigenvalue weighted by Gasteiger charge is -2.22. The molecule has 0 aromatic carbocycles. The summed E-state index contributed by atoms with van der Waals surface area (Å²) in [5.74, 6) is 0.458. The van der Waals surface area contributed by atoms with Gasteiger partial charge in [-0.1, -0.05) is 0 Å². The van der Waals surface area contributed by atoms with Gasteiger partial charge in [-0.15, -0.1) is 0 Å². The van der Waals surface area contributed by atoms with Crippen LogP contribution in [0.15, 0.2) is 12.5 Å². The molecule has 3 N–H and O–H groups in total. The zero-order chi connectivity index (χ0) is 14.3. The monoisotopic (exact) mass is 387 g/mol. The van der Waals surface area contributed by atoms with E-state index in [0.717, 1.165) is 27.4 Å². The predicted octanol–water partition coefficient (Wildman–Crippen LogP) is 1.76. The van der Waals surface area contributed by atoms with Crippen molar-refractivity contribution in [2.75, 3.05) is 12.3 Å². The molecule has 8 heteroatoms. The highest BCUT2D eigenvalue weighted by Gasteiger charge is 2.29. The zero-order valence-electron chi connectivity index (χ0n) is 10.7. The molecule has 7 nitrogen and oxygen atoms in total. The van der Waals surface area contributed by atoms with Crippen molar-refractivity contribution in [3.8, 4) is 0 Å². The van der Waals surface area contributed by atoms with E-state index >= 15 is 0 Å². The van der Waals surface area contributed by atoms with Gasteiger partial charge in [0, 0.05) is 22.9 Å². The molecule has 106 valence electrons. The van der Waals surface area contributed by atoms with Crippen molar-refractivity contribution < 1.29 is 9.90 Å². The number of amides is 1. The second-order valence-electron chi connectivity index (χ2n) is 4.86. The summed E-state index contributed by atoms with van der Waals surface area (Å²) in [5.41, 5.74) is 6.64. The maximum Gasteiger partial charge on any atom is 0.407 e. The van der Waals surface area contributed by atoms with Crippen LogP contribution in [0.1, 0.15) is 12.8 Å². The minimum atomic E-state index is -0.854. The molecule has 2 aromatic heterocycles. The molecule has 0 radical (unpaired) electrons. The molecular weight excluding hydrogens is 373 g/mol. The smallest absolute Gasteiger partial charge is 0.407 e. The van der Waals surface area contributed by atoms with Crippen molar-refractivity contribution in [1.29, 1.82) is 0 Å². The maximum absolute atomic E-state index is 11.2. The van der Waals surface area contributed by atoms with Crippen molar-refractivity contribution in [2.45, 2.75) is 25.4 Å². The van der Waals surface area contributed by atoms with E-state index in [-0.39, 0.29) is 6.04 Å². The van der Waals surface area contributed by atoms with Gasteiger partial charge in [0.2, 0.25) is 0 Å². The van der Waals surface area contributed by atoms with Gasteiger partial charge in [-0.25, -0.2) is 14.8 Å². The summed E-state index contributed by atoms with van der Waals surface area (Å²) in [6.45, 7) is 1.20. The summed E-state index contributed by atoms with van der Waals surface area (Å²) in [5, 5.41) is 10.0. The van der Waals surface area contributed by atoms with E-state index in [9.17, 15) is 9.90 Å². The van der Waals surface area contributed by atoms with Crippen molar-refractivity contribution in [3.05, 3.63) is 16.1 Å². The highest BCUT2D eigenvalue weighted by molar-refractivity contribution is 14.1. The standard InChI is InChI=1S/C12H14IN5O2/c13-8-5-17(11-9(8)10(14)15-6-16-11)4-7-2-1-3-18(7)12(19)20/h5-7H,1-4H2,(H,19,20)(H2,14,15,16). The Kier molecular flexibility index (Phi) is 3.40. The second kappa shape index (κ2) is 5.08. The molecule has 0 saturated carbocycles. The summed E-state index contributed by atoms with van der Waals surface area (Å²) in [7, 11) is 0. The molecule has 1 amide bonds. The Bertz CT molecular complexity index is 671. The van der Waals surface area contributed by atoms with Crippen molar-refractivity contribution >= 4 is 45.5 Å². The Balaban J connectivity index is 1.96. The van der Waals surface area contributed by atoms with E-state index in [4.69, 9.17) is 5.73 Å². The Morgan fingerprint density at radius 3 is 3.10 bits per heavy atom. The van der Waals surface area contributed by atoms with Crippen LogP contribution < -0.4 is 5.73 Å². The average Bonchev–Trinajstić information content (AvgIpc) is 2.97. The number of rotatable bonds is 2. The molecule has 1 unspecified atom stereocenters. The number of carbonyl (C=O) groups is 1. The van der Waals surface area contributed by atoms with Gasteiger partial charge >= 0.3 is 6.09 Å². The van der Waals surface area contributed by atoms with Crippen molar-refractivity contribution in [3.63, 3.8) is 0 Å².